The van der Waals surface area contributed by atoms with Crippen molar-refractivity contribution in [3.8, 4) is 11.1 Å². The Hall–Kier alpha value is -3.56. The first kappa shape index (κ1) is 29.4. The van der Waals surface area contributed by atoms with Gasteiger partial charge in [-0.25, -0.2) is 0 Å². The second kappa shape index (κ2) is 12.7. The fourth-order valence-electron chi connectivity index (χ4n) is 4.80. The Labute approximate surface area is 238 Å². The molecule has 0 aliphatic carbocycles. The first-order valence-corrected chi connectivity index (χ1v) is 14.0. The first-order chi connectivity index (χ1) is 19.0. The average molecular weight is 546 g/mol. The SMILES string of the molecule is Cc1cc(-c2ccncc2N2CCN(CC=CCN(C)C)C(C)C2)ccc1CNC(=O)c1noc(C(C)(C)C)n1. The Bertz CT molecular complexity index is 1330. The summed E-state index contributed by atoms with van der Waals surface area (Å²) in [6, 6.07) is 8.91. The quantitative estimate of drug-likeness (QED) is 0.398. The molecule has 9 heteroatoms. The number of nitrogens with one attached hydrogen (secondary N) is 1. The zero-order valence-corrected chi connectivity index (χ0v) is 24.9. The number of aryl methyl sites for hydroxylation is 1. The highest BCUT2D eigenvalue weighted by atomic mass is 16.5. The maximum atomic E-state index is 12.6. The van der Waals surface area contributed by atoms with E-state index < -0.39 is 0 Å². The summed E-state index contributed by atoms with van der Waals surface area (Å²) in [6.07, 6.45) is 8.35. The lowest BCUT2D eigenvalue weighted by atomic mass is 9.97. The predicted octanol–water partition coefficient (Wildman–Crippen LogP) is 4.30. The second-order valence-electron chi connectivity index (χ2n) is 11.9. The summed E-state index contributed by atoms with van der Waals surface area (Å²) < 4.78 is 5.26. The third-order valence-corrected chi connectivity index (χ3v) is 7.25. The molecule has 214 valence electrons. The summed E-state index contributed by atoms with van der Waals surface area (Å²) >= 11 is 0. The van der Waals surface area contributed by atoms with Gasteiger partial charge >= 0.3 is 0 Å². The van der Waals surface area contributed by atoms with Crippen LogP contribution >= 0.6 is 0 Å². The molecule has 1 aliphatic rings. The normalized spacial score (nSPS) is 16.7. The van der Waals surface area contributed by atoms with E-state index in [1.807, 2.05) is 33.2 Å². The van der Waals surface area contributed by atoms with Gasteiger partial charge in [0.15, 0.2) is 0 Å². The van der Waals surface area contributed by atoms with E-state index in [4.69, 9.17) is 4.52 Å². The summed E-state index contributed by atoms with van der Waals surface area (Å²) in [5.41, 5.74) is 5.30. The van der Waals surface area contributed by atoms with Gasteiger partial charge in [0.1, 0.15) is 0 Å². The van der Waals surface area contributed by atoms with Gasteiger partial charge in [0, 0.05) is 62.5 Å². The molecule has 0 bridgehead atoms. The van der Waals surface area contributed by atoms with Crippen LogP contribution in [0.25, 0.3) is 11.1 Å². The highest BCUT2D eigenvalue weighted by Gasteiger charge is 2.26. The third kappa shape index (κ3) is 7.34. The van der Waals surface area contributed by atoms with Crippen molar-refractivity contribution >= 4 is 11.6 Å². The molecule has 3 heterocycles. The summed E-state index contributed by atoms with van der Waals surface area (Å²) in [4.78, 5) is 28.5. The highest BCUT2D eigenvalue weighted by molar-refractivity contribution is 5.90. The molecule has 3 aromatic rings. The zero-order chi connectivity index (χ0) is 28.9. The van der Waals surface area contributed by atoms with E-state index in [0.29, 0.717) is 18.5 Å². The maximum Gasteiger partial charge on any atom is 0.292 e. The minimum Gasteiger partial charge on any atom is -0.367 e. The molecular formula is C31H43N7O2. The molecule has 1 aliphatic heterocycles. The fraction of sp³-hybridized carbons (Fsp3) is 0.484. The lowest BCUT2D eigenvalue weighted by Crippen LogP contribution is -2.52. The van der Waals surface area contributed by atoms with Crippen molar-refractivity contribution in [2.45, 2.75) is 52.6 Å². The Morgan fingerprint density at radius 1 is 1.20 bits per heavy atom. The summed E-state index contributed by atoms with van der Waals surface area (Å²) in [5.74, 6) is 0.152. The number of aromatic nitrogens is 3. The topological polar surface area (TPSA) is 90.6 Å². The second-order valence-corrected chi connectivity index (χ2v) is 11.9. The van der Waals surface area contributed by atoms with Gasteiger partial charge in [-0.05, 0) is 50.7 Å². The van der Waals surface area contributed by atoms with Gasteiger partial charge in [0.25, 0.3) is 11.7 Å². The van der Waals surface area contributed by atoms with Gasteiger partial charge in [-0.2, -0.15) is 4.98 Å². The van der Waals surface area contributed by atoms with Crippen molar-refractivity contribution in [1.29, 1.82) is 0 Å². The minimum atomic E-state index is -0.347. The highest BCUT2D eigenvalue weighted by Crippen LogP contribution is 2.32. The smallest absolute Gasteiger partial charge is 0.292 e. The number of carbonyl (C=O) groups excluding carboxylic acids is 1. The molecular weight excluding hydrogens is 502 g/mol. The molecule has 2 aromatic heterocycles. The van der Waals surface area contributed by atoms with Crippen molar-refractivity contribution in [2.24, 2.45) is 0 Å². The summed E-state index contributed by atoms with van der Waals surface area (Å²) in [7, 11) is 4.18. The van der Waals surface area contributed by atoms with Gasteiger partial charge in [-0.15, -0.1) is 0 Å². The number of carbonyl (C=O) groups is 1. The molecule has 0 saturated carbocycles. The van der Waals surface area contributed by atoms with Crippen LogP contribution in [-0.4, -0.2) is 83.7 Å². The fourth-order valence-corrected chi connectivity index (χ4v) is 4.80. The van der Waals surface area contributed by atoms with E-state index in [0.717, 1.165) is 55.1 Å². The average Bonchev–Trinajstić information content (AvgIpc) is 3.42. The van der Waals surface area contributed by atoms with Gasteiger partial charge in [-0.1, -0.05) is 56.3 Å². The van der Waals surface area contributed by atoms with E-state index in [-0.39, 0.29) is 17.1 Å². The molecule has 40 heavy (non-hydrogen) atoms. The predicted molar refractivity (Wildman–Crippen MR) is 160 cm³/mol. The van der Waals surface area contributed by atoms with E-state index in [1.165, 1.54) is 5.56 Å². The van der Waals surface area contributed by atoms with Crippen LogP contribution in [0.4, 0.5) is 5.69 Å². The molecule has 0 spiro atoms. The minimum absolute atomic E-state index is 0.0551. The number of anilines is 1. The molecule has 1 amide bonds. The summed E-state index contributed by atoms with van der Waals surface area (Å²) in [6.45, 7) is 15.5. The molecule has 1 atom stereocenters. The van der Waals surface area contributed by atoms with E-state index >= 15 is 0 Å². The largest absolute Gasteiger partial charge is 0.367 e. The number of piperazine rings is 1. The number of likely N-dealkylation sites (N-methyl/N-ethyl adjacent to an activating group) is 1. The van der Waals surface area contributed by atoms with Crippen molar-refractivity contribution in [3.05, 3.63) is 71.7 Å². The van der Waals surface area contributed by atoms with Gasteiger partial charge in [0.05, 0.1) is 11.9 Å². The van der Waals surface area contributed by atoms with Crippen LogP contribution in [0.5, 0.6) is 0 Å². The van der Waals surface area contributed by atoms with Crippen LogP contribution in [0, 0.1) is 6.92 Å². The van der Waals surface area contributed by atoms with Crippen LogP contribution in [0.2, 0.25) is 0 Å². The van der Waals surface area contributed by atoms with Crippen LogP contribution < -0.4 is 10.2 Å². The van der Waals surface area contributed by atoms with Gasteiger partial charge in [0.2, 0.25) is 5.89 Å². The maximum absolute atomic E-state index is 12.6. The Balaban J connectivity index is 1.41. The molecule has 1 unspecified atom stereocenters. The van der Waals surface area contributed by atoms with Crippen molar-refractivity contribution < 1.29 is 9.32 Å². The van der Waals surface area contributed by atoms with E-state index in [1.54, 1.807) is 0 Å². The number of hydrogen-bond acceptors (Lipinski definition) is 8. The molecule has 1 saturated heterocycles. The standard InChI is InChI=1S/C31H43N7O2/c1-22-18-24(10-11-25(22)19-33-29(39)28-34-30(40-35-28)31(3,4)5)26-12-13-32-20-27(26)38-17-16-37(23(2)21-38)15-9-8-14-36(6)7/h8-13,18,20,23H,14-17,19,21H2,1-7H3,(H,33,39). The molecule has 1 N–H and O–H groups in total. The number of benzene rings is 1. The number of amides is 1. The Morgan fingerprint density at radius 2 is 2.00 bits per heavy atom. The lowest BCUT2D eigenvalue weighted by Gasteiger charge is -2.41. The first-order valence-electron chi connectivity index (χ1n) is 14.0. The number of hydrogen-bond donors (Lipinski definition) is 1. The van der Waals surface area contributed by atoms with Crippen molar-refractivity contribution in [1.82, 2.24) is 30.2 Å². The number of nitrogens with zero attached hydrogens (tertiary/aromatic N) is 6. The molecule has 4 rings (SSSR count). The molecule has 1 fully saturated rings. The van der Waals surface area contributed by atoms with Crippen LogP contribution in [0.15, 0.2) is 53.3 Å². The number of rotatable bonds is 9. The van der Waals surface area contributed by atoms with Crippen LogP contribution in [0.1, 0.15) is 55.3 Å². The number of pyridine rings is 1. The zero-order valence-electron chi connectivity index (χ0n) is 24.9. The Kier molecular flexibility index (Phi) is 9.37. The Morgan fingerprint density at radius 3 is 2.67 bits per heavy atom. The van der Waals surface area contributed by atoms with Crippen molar-refractivity contribution in [3.63, 3.8) is 0 Å². The molecule has 1 aromatic carbocycles. The van der Waals surface area contributed by atoms with Gasteiger partial charge in [-0.3, -0.25) is 14.7 Å². The monoisotopic (exact) mass is 545 g/mol. The lowest BCUT2D eigenvalue weighted by molar-refractivity contribution is 0.0937. The molecule has 9 nitrogen and oxygen atoms in total. The van der Waals surface area contributed by atoms with Gasteiger partial charge < -0.3 is 19.6 Å². The molecule has 0 radical (unpaired) electrons. The third-order valence-electron chi connectivity index (χ3n) is 7.25. The summed E-state index contributed by atoms with van der Waals surface area (Å²) in [5, 5.41) is 6.76. The van der Waals surface area contributed by atoms with Crippen LogP contribution in [-0.2, 0) is 12.0 Å². The van der Waals surface area contributed by atoms with E-state index in [9.17, 15) is 4.79 Å². The van der Waals surface area contributed by atoms with E-state index in [2.05, 4.69) is 99.5 Å². The van der Waals surface area contributed by atoms with Crippen molar-refractivity contribution in [2.75, 3.05) is 51.7 Å². The van der Waals surface area contributed by atoms with Crippen LogP contribution in [0.3, 0.4) is 0 Å².